The van der Waals surface area contributed by atoms with Crippen LogP contribution in [0.4, 0.5) is 5.69 Å². The van der Waals surface area contributed by atoms with Gasteiger partial charge in [0.05, 0.1) is 11.5 Å². The third kappa shape index (κ3) is 3.92. The Morgan fingerprint density at radius 2 is 1.72 bits per heavy atom. The second-order valence-corrected chi connectivity index (χ2v) is 6.75. The average Bonchev–Trinajstić information content (AvgIpc) is 2.62. The zero-order valence-electron chi connectivity index (χ0n) is 13.3. The van der Waals surface area contributed by atoms with Gasteiger partial charge in [-0.2, -0.15) is 0 Å². The van der Waals surface area contributed by atoms with E-state index in [4.69, 9.17) is 4.74 Å². The van der Waals surface area contributed by atoms with Crippen LogP contribution in [-0.2, 0) is 14.6 Å². The summed E-state index contributed by atoms with van der Waals surface area (Å²) in [7, 11) is -4.45. The van der Waals surface area contributed by atoms with E-state index in [1.807, 2.05) is 0 Å². The smallest absolute Gasteiger partial charge is 0.288 e. The van der Waals surface area contributed by atoms with Crippen molar-refractivity contribution in [2.75, 3.05) is 6.61 Å². The Hall–Kier alpha value is -3.00. The Morgan fingerprint density at radius 1 is 1.12 bits per heavy atom. The summed E-state index contributed by atoms with van der Waals surface area (Å²) in [5.41, 5.74) is -0.471. The molecule has 0 spiro atoms. The number of rotatable bonds is 7. The summed E-state index contributed by atoms with van der Waals surface area (Å²) in [5, 5.41) is 11.2. The minimum absolute atomic E-state index is 0.135. The largest absolute Gasteiger partial charge is 0.500 e. The van der Waals surface area contributed by atoms with Crippen LogP contribution in [0.15, 0.2) is 70.7 Å². The molecule has 2 aromatic carbocycles. The standard InChI is InChI=1S/C17H15NO6S/c1-2-24-12-16(17(19)13-8-4-3-5-9-13)25(22,23)15-11-7-6-10-14(15)18(20)21/h3-12H,2H2,1H3. The highest BCUT2D eigenvalue weighted by Gasteiger charge is 2.33. The number of hydrogen-bond acceptors (Lipinski definition) is 6. The fraction of sp³-hybridized carbons (Fsp3) is 0.118. The van der Waals surface area contributed by atoms with Crippen molar-refractivity contribution in [2.24, 2.45) is 0 Å². The Bertz CT molecular complexity index is 919. The van der Waals surface area contributed by atoms with E-state index in [-0.39, 0.29) is 12.2 Å². The third-order valence-corrected chi connectivity index (χ3v) is 5.04. The maximum Gasteiger partial charge on any atom is 0.288 e. The highest BCUT2D eigenvalue weighted by Crippen LogP contribution is 2.30. The average molecular weight is 361 g/mol. The second-order valence-electron chi connectivity index (χ2n) is 4.86. The van der Waals surface area contributed by atoms with Gasteiger partial charge in [-0.05, 0) is 13.0 Å². The SMILES string of the molecule is CCOC=C(C(=O)c1ccccc1)S(=O)(=O)c1ccccc1[N+](=O)[O-]. The van der Waals surface area contributed by atoms with E-state index in [1.165, 1.54) is 24.3 Å². The number of carbonyl (C=O) groups is 1. The molecule has 0 radical (unpaired) electrons. The lowest BCUT2D eigenvalue weighted by molar-refractivity contribution is -0.387. The van der Waals surface area contributed by atoms with E-state index in [9.17, 15) is 23.3 Å². The third-order valence-electron chi connectivity index (χ3n) is 3.26. The van der Waals surface area contributed by atoms with Gasteiger partial charge in [-0.15, -0.1) is 0 Å². The first kappa shape index (κ1) is 18.3. The van der Waals surface area contributed by atoms with Gasteiger partial charge in [0.25, 0.3) is 5.69 Å². The molecule has 0 amide bonds. The minimum Gasteiger partial charge on any atom is -0.500 e. The van der Waals surface area contributed by atoms with Crippen LogP contribution in [0.5, 0.6) is 0 Å². The van der Waals surface area contributed by atoms with Crippen molar-refractivity contribution < 1.29 is 22.9 Å². The van der Waals surface area contributed by atoms with Crippen molar-refractivity contribution in [3.05, 3.63) is 81.4 Å². The van der Waals surface area contributed by atoms with Crippen molar-refractivity contribution in [1.29, 1.82) is 0 Å². The maximum atomic E-state index is 12.9. The summed E-state index contributed by atoms with van der Waals surface area (Å²) in [6, 6.07) is 12.6. The zero-order chi connectivity index (χ0) is 18.4. The van der Waals surface area contributed by atoms with Crippen molar-refractivity contribution >= 4 is 21.3 Å². The molecule has 0 saturated heterocycles. The topological polar surface area (TPSA) is 104 Å². The molecule has 2 aromatic rings. The van der Waals surface area contributed by atoms with Crippen molar-refractivity contribution in [1.82, 2.24) is 0 Å². The van der Waals surface area contributed by atoms with Crippen LogP contribution in [0.25, 0.3) is 0 Å². The summed E-state index contributed by atoms with van der Waals surface area (Å²) < 4.78 is 30.8. The molecule has 2 rings (SSSR count). The van der Waals surface area contributed by atoms with Gasteiger partial charge in [-0.1, -0.05) is 42.5 Å². The first-order valence-corrected chi connectivity index (χ1v) is 8.78. The highest BCUT2D eigenvalue weighted by atomic mass is 32.2. The van der Waals surface area contributed by atoms with Crippen LogP contribution < -0.4 is 0 Å². The van der Waals surface area contributed by atoms with E-state index in [1.54, 1.807) is 25.1 Å². The number of nitro groups is 1. The van der Waals surface area contributed by atoms with Gasteiger partial charge in [-0.3, -0.25) is 14.9 Å². The number of nitrogens with zero attached hydrogens (tertiary/aromatic N) is 1. The molecular formula is C17H15NO6S. The van der Waals surface area contributed by atoms with Gasteiger partial charge in [0.15, 0.2) is 4.91 Å². The summed E-state index contributed by atoms with van der Waals surface area (Å²) in [6.45, 7) is 1.76. The molecule has 0 atom stereocenters. The van der Waals surface area contributed by atoms with E-state index in [2.05, 4.69) is 0 Å². The fourth-order valence-electron chi connectivity index (χ4n) is 2.08. The summed E-state index contributed by atoms with van der Waals surface area (Å²) in [5.74, 6) is -0.799. The molecule has 8 heteroatoms. The number of nitro benzene ring substituents is 1. The fourth-order valence-corrected chi connectivity index (χ4v) is 3.55. The van der Waals surface area contributed by atoms with Crippen LogP contribution in [0.1, 0.15) is 17.3 Å². The molecule has 0 aliphatic rings. The van der Waals surface area contributed by atoms with E-state index in [0.717, 1.165) is 18.4 Å². The normalized spacial score (nSPS) is 11.8. The second kappa shape index (κ2) is 7.71. The van der Waals surface area contributed by atoms with Gasteiger partial charge in [0.1, 0.15) is 11.2 Å². The lowest BCUT2D eigenvalue weighted by atomic mass is 10.1. The van der Waals surface area contributed by atoms with Gasteiger partial charge in [-0.25, -0.2) is 8.42 Å². The van der Waals surface area contributed by atoms with Crippen LogP contribution in [0, 0.1) is 10.1 Å². The molecule has 0 bridgehead atoms. The number of hydrogen-bond donors (Lipinski definition) is 0. The van der Waals surface area contributed by atoms with Gasteiger partial charge >= 0.3 is 0 Å². The molecule has 0 fully saturated rings. The minimum atomic E-state index is -4.45. The molecule has 0 saturated carbocycles. The van der Waals surface area contributed by atoms with E-state index >= 15 is 0 Å². The number of allylic oxidation sites excluding steroid dienone is 1. The molecular weight excluding hydrogens is 346 g/mol. The van der Waals surface area contributed by atoms with Crippen LogP contribution in [0.3, 0.4) is 0 Å². The maximum absolute atomic E-state index is 12.9. The predicted octanol–water partition coefficient (Wildman–Crippen LogP) is 3.13. The van der Waals surface area contributed by atoms with E-state index in [0.29, 0.717) is 0 Å². The predicted molar refractivity (Wildman–Crippen MR) is 90.8 cm³/mol. The Balaban J connectivity index is 2.63. The highest BCUT2D eigenvalue weighted by molar-refractivity contribution is 7.96. The lowest BCUT2D eigenvalue weighted by Gasteiger charge is -2.09. The number of ketones is 1. The first-order chi connectivity index (χ1) is 11.9. The molecule has 130 valence electrons. The number of Topliss-reactive ketones (excluding diaryl/α,β-unsaturated/α-hetero) is 1. The lowest BCUT2D eigenvalue weighted by Crippen LogP contribution is -2.16. The molecule has 7 nitrogen and oxygen atoms in total. The Labute approximate surface area is 144 Å². The van der Waals surface area contributed by atoms with Crippen LogP contribution in [0.2, 0.25) is 0 Å². The monoisotopic (exact) mass is 361 g/mol. The summed E-state index contributed by atoms with van der Waals surface area (Å²) in [6.07, 6.45) is 0.835. The molecule has 0 heterocycles. The molecule has 0 unspecified atom stereocenters. The van der Waals surface area contributed by atoms with Gasteiger partial charge < -0.3 is 4.74 Å². The zero-order valence-corrected chi connectivity index (χ0v) is 14.1. The Kier molecular flexibility index (Phi) is 5.66. The Morgan fingerprint density at radius 3 is 2.32 bits per heavy atom. The van der Waals surface area contributed by atoms with Crippen LogP contribution >= 0.6 is 0 Å². The first-order valence-electron chi connectivity index (χ1n) is 7.29. The van der Waals surface area contributed by atoms with Gasteiger partial charge in [0, 0.05) is 11.6 Å². The number of benzene rings is 2. The number of ether oxygens (including phenoxy) is 1. The summed E-state index contributed by atoms with van der Waals surface area (Å²) in [4.78, 5) is 21.8. The van der Waals surface area contributed by atoms with E-state index < -0.39 is 36.0 Å². The molecule has 0 aliphatic carbocycles. The van der Waals surface area contributed by atoms with Crippen LogP contribution in [-0.4, -0.2) is 25.7 Å². The molecule has 0 aromatic heterocycles. The quantitative estimate of drug-likeness (QED) is 0.247. The van der Waals surface area contributed by atoms with Crippen molar-refractivity contribution in [3.8, 4) is 0 Å². The van der Waals surface area contributed by atoms with Crippen molar-refractivity contribution in [3.63, 3.8) is 0 Å². The van der Waals surface area contributed by atoms with Crippen molar-refractivity contribution in [2.45, 2.75) is 11.8 Å². The number of para-hydroxylation sites is 1. The van der Waals surface area contributed by atoms with Gasteiger partial charge in [0.2, 0.25) is 15.6 Å². The number of sulfone groups is 1. The molecule has 25 heavy (non-hydrogen) atoms. The molecule has 0 aliphatic heterocycles. The molecule has 0 N–H and O–H groups in total. The number of carbonyl (C=O) groups excluding carboxylic acids is 1. The summed E-state index contributed by atoms with van der Waals surface area (Å²) >= 11 is 0.